The van der Waals surface area contributed by atoms with Crippen molar-refractivity contribution in [2.45, 2.75) is 51.4 Å². The lowest BCUT2D eigenvalue weighted by Crippen LogP contribution is -2.42. The number of carboxylic acid groups (broad SMARTS) is 1. The van der Waals surface area contributed by atoms with Crippen LogP contribution in [0.25, 0.3) is 0 Å². The van der Waals surface area contributed by atoms with Gasteiger partial charge in [0.1, 0.15) is 0 Å². The summed E-state index contributed by atoms with van der Waals surface area (Å²) in [5.74, 6) is 0. The van der Waals surface area contributed by atoms with E-state index in [-0.39, 0.29) is 17.7 Å². The minimum atomic E-state index is -1.87. The van der Waals surface area contributed by atoms with Gasteiger partial charge in [-0.2, -0.15) is 4.31 Å². The minimum absolute atomic E-state index is 0.120. The topological polar surface area (TPSA) is 76.1 Å². The van der Waals surface area contributed by atoms with Gasteiger partial charge in [-0.3, -0.25) is 4.18 Å². The molecule has 112 valence electrons. The van der Waals surface area contributed by atoms with Crippen molar-refractivity contribution in [1.82, 2.24) is 4.31 Å². The van der Waals surface area contributed by atoms with E-state index >= 15 is 0 Å². The molecule has 1 aliphatic rings. The van der Waals surface area contributed by atoms with Crippen LogP contribution in [0.4, 0.5) is 4.79 Å². The average Bonchev–Trinajstić information content (AvgIpc) is 2.57. The minimum Gasteiger partial charge on any atom is -0.464 e. The molecule has 1 unspecified atom stereocenters. The molecule has 0 aromatic carbocycles. The van der Waals surface area contributed by atoms with Crippen LogP contribution in [-0.4, -0.2) is 47.3 Å². The fourth-order valence-corrected chi connectivity index (χ4v) is 3.46. The number of rotatable bonds is 4. The van der Waals surface area contributed by atoms with Gasteiger partial charge in [0.25, 0.3) is 11.3 Å². The first-order valence-electron chi connectivity index (χ1n) is 6.27. The smallest absolute Gasteiger partial charge is 0.421 e. The summed E-state index contributed by atoms with van der Waals surface area (Å²) in [5, 5.41) is 9.08. The van der Waals surface area contributed by atoms with Gasteiger partial charge < -0.3 is 9.53 Å². The Morgan fingerprint density at radius 3 is 2.58 bits per heavy atom. The maximum Gasteiger partial charge on any atom is 0.421 e. The second kappa shape index (κ2) is 5.90. The summed E-state index contributed by atoms with van der Waals surface area (Å²) < 4.78 is 23.0. The molecule has 1 saturated heterocycles. The van der Waals surface area contributed by atoms with Gasteiger partial charge in [-0.1, -0.05) is 20.8 Å². The molecule has 1 fully saturated rings. The Bertz CT molecular complexity index is 369. The van der Waals surface area contributed by atoms with Gasteiger partial charge in [-0.05, 0) is 24.6 Å². The van der Waals surface area contributed by atoms with E-state index < -0.39 is 25.7 Å². The highest BCUT2D eigenvalue weighted by atomic mass is 32.2. The summed E-state index contributed by atoms with van der Waals surface area (Å²) in [6.07, 6.45) is -0.710. The summed E-state index contributed by atoms with van der Waals surface area (Å²) >= 11 is -1.87. The van der Waals surface area contributed by atoms with Gasteiger partial charge in [-0.25, -0.2) is 9.00 Å². The van der Waals surface area contributed by atoms with Crippen molar-refractivity contribution in [2.75, 3.05) is 13.2 Å². The van der Waals surface area contributed by atoms with E-state index in [1.165, 1.54) is 0 Å². The molecular weight excluding hydrogens is 286 g/mol. The van der Waals surface area contributed by atoms with Gasteiger partial charge >= 0.3 is 6.09 Å². The molecule has 8 heteroatoms. The summed E-state index contributed by atoms with van der Waals surface area (Å²) in [6, 6.07) is -0.386. The summed E-state index contributed by atoms with van der Waals surface area (Å²) in [5.41, 5.74) is 0. The highest BCUT2D eigenvalue weighted by Crippen LogP contribution is 2.36. The van der Waals surface area contributed by atoms with Crippen molar-refractivity contribution < 1.29 is 22.7 Å². The van der Waals surface area contributed by atoms with Crippen molar-refractivity contribution in [2.24, 2.45) is 0 Å². The molecule has 1 amide bonds. The maximum absolute atomic E-state index is 11.3. The van der Waals surface area contributed by atoms with E-state index in [4.69, 9.17) is 13.7 Å². The molecule has 1 aliphatic heterocycles. The van der Waals surface area contributed by atoms with Crippen LogP contribution in [0, 0.1) is 0 Å². The molecule has 6 nitrogen and oxygen atoms in total. The third kappa shape index (κ3) is 4.01. The standard InChI is InChI=1S/C11H23NO5SSi/c1-11(2,3)19(4,5)17-7-6-9-8-16-18(15)12(9)10(13)14/h9H,6-8H2,1-5H3,(H,13,14)/t9-,18?/m1/s1. The Morgan fingerprint density at radius 2 is 2.11 bits per heavy atom. The van der Waals surface area contributed by atoms with Crippen LogP contribution in [0.2, 0.25) is 18.1 Å². The van der Waals surface area contributed by atoms with E-state index in [1.54, 1.807) is 0 Å². The molecule has 0 aromatic rings. The number of carbonyl (C=O) groups is 1. The second-order valence-corrected chi connectivity index (χ2v) is 12.0. The Balaban J connectivity index is 2.50. The zero-order valence-electron chi connectivity index (χ0n) is 12.1. The quantitative estimate of drug-likeness (QED) is 0.807. The zero-order chi connectivity index (χ0) is 14.8. The van der Waals surface area contributed by atoms with Crippen LogP contribution in [0.5, 0.6) is 0 Å². The first-order valence-corrected chi connectivity index (χ1v) is 10.2. The van der Waals surface area contributed by atoms with E-state index in [1.807, 2.05) is 0 Å². The van der Waals surface area contributed by atoms with Gasteiger partial charge in [0, 0.05) is 6.61 Å². The van der Waals surface area contributed by atoms with Gasteiger partial charge in [0.15, 0.2) is 8.32 Å². The number of amides is 1. The van der Waals surface area contributed by atoms with Crippen LogP contribution in [-0.2, 0) is 19.9 Å². The number of nitrogens with zero attached hydrogens (tertiary/aromatic N) is 1. The molecule has 1 N–H and O–H groups in total. The monoisotopic (exact) mass is 309 g/mol. The fourth-order valence-electron chi connectivity index (χ4n) is 1.47. The summed E-state index contributed by atoms with van der Waals surface area (Å²) in [7, 11) is -1.83. The third-order valence-electron chi connectivity index (χ3n) is 3.76. The van der Waals surface area contributed by atoms with Gasteiger partial charge in [-0.15, -0.1) is 0 Å². The van der Waals surface area contributed by atoms with E-state index in [0.717, 1.165) is 4.31 Å². The largest absolute Gasteiger partial charge is 0.464 e. The van der Waals surface area contributed by atoms with Crippen molar-refractivity contribution in [3.63, 3.8) is 0 Å². The molecule has 1 rings (SSSR count). The number of hydrogen-bond donors (Lipinski definition) is 1. The predicted molar refractivity (Wildman–Crippen MR) is 75.5 cm³/mol. The SMILES string of the molecule is CC(C)(C)[Si](C)(C)OCC[C@@H]1COS(=O)N1C(=O)O. The molecule has 2 atom stereocenters. The lowest BCUT2D eigenvalue weighted by atomic mass is 10.2. The Labute approximate surface area is 118 Å². The van der Waals surface area contributed by atoms with Crippen LogP contribution >= 0.6 is 0 Å². The third-order valence-corrected chi connectivity index (χ3v) is 9.41. The summed E-state index contributed by atoms with van der Waals surface area (Å²) in [6.45, 7) is 11.4. The normalized spacial score (nSPS) is 24.8. The van der Waals surface area contributed by atoms with E-state index in [0.29, 0.717) is 13.0 Å². The molecule has 0 radical (unpaired) electrons. The molecule has 1 heterocycles. The summed E-state index contributed by atoms with van der Waals surface area (Å²) in [4.78, 5) is 11.0. The molecule has 0 aromatic heterocycles. The zero-order valence-corrected chi connectivity index (χ0v) is 14.0. The molecule has 19 heavy (non-hydrogen) atoms. The molecule has 0 saturated carbocycles. The lowest BCUT2D eigenvalue weighted by molar-refractivity contribution is 0.157. The fraction of sp³-hybridized carbons (Fsp3) is 0.909. The van der Waals surface area contributed by atoms with Crippen molar-refractivity contribution >= 4 is 25.7 Å². The Hall–Kier alpha value is -0.443. The molecule has 0 spiro atoms. The highest BCUT2D eigenvalue weighted by molar-refractivity contribution is 7.78. The first kappa shape index (κ1) is 16.6. The molecular formula is C11H23NO5SSi. The maximum atomic E-state index is 11.3. The Morgan fingerprint density at radius 1 is 1.53 bits per heavy atom. The average molecular weight is 309 g/mol. The molecule has 0 aliphatic carbocycles. The van der Waals surface area contributed by atoms with Crippen LogP contribution in [0.3, 0.4) is 0 Å². The Kier molecular flexibility index (Phi) is 5.16. The van der Waals surface area contributed by atoms with Crippen LogP contribution in [0.15, 0.2) is 0 Å². The second-order valence-electron chi connectivity index (χ2n) is 6.16. The van der Waals surface area contributed by atoms with Gasteiger partial charge in [0.2, 0.25) is 0 Å². The first-order chi connectivity index (χ1) is 8.56. The molecule has 0 bridgehead atoms. The highest BCUT2D eigenvalue weighted by Gasteiger charge is 2.39. The van der Waals surface area contributed by atoms with Gasteiger partial charge in [0.05, 0.1) is 12.6 Å². The lowest BCUT2D eigenvalue weighted by Gasteiger charge is -2.36. The van der Waals surface area contributed by atoms with Crippen LogP contribution in [0.1, 0.15) is 27.2 Å². The van der Waals surface area contributed by atoms with Crippen molar-refractivity contribution in [3.05, 3.63) is 0 Å². The van der Waals surface area contributed by atoms with Crippen LogP contribution < -0.4 is 0 Å². The number of hydrogen-bond acceptors (Lipinski definition) is 4. The van der Waals surface area contributed by atoms with E-state index in [9.17, 15) is 9.00 Å². The predicted octanol–water partition coefficient (Wildman–Crippen LogP) is 2.36. The van der Waals surface area contributed by atoms with Crippen molar-refractivity contribution in [1.29, 1.82) is 0 Å². The van der Waals surface area contributed by atoms with Crippen molar-refractivity contribution in [3.8, 4) is 0 Å². The van der Waals surface area contributed by atoms with E-state index in [2.05, 4.69) is 33.9 Å².